The van der Waals surface area contributed by atoms with Crippen LogP contribution in [0.2, 0.25) is 0 Å². The summed E-state index contributed by atoms with van der Waals surface area (Å²) in [4.78, 5) is 41.3. The maximum atomic E-state index is 13.7. The van der Waals surface area contributed by atoms with Gasteiger partial charge in [0.05, 0.1) is 37.2 Å². The zero-order chi connectivity index (χ0) is 23.0. The number of likely N-dealkylation sites (tertiary alicyclic amines) is 1. The van der Waals surface area contributed by atoms with Crippen LogP contribution in [0.3, 0.4) is 0 Å². The Labute approximate surface area is 195 Å². The van der Waals surface area contributed by atoms with E-state index in [1.54, 1.807) is 6.92 Å². The van der Waals surface area contributed by atoms with E-state index in [9.17, 15) is 19.5 Å². The third-order valence-corrected chi connectivity index (χ3v) is 7.76. The first-order valence-corrected chi connectivity index (χ1v) is 12.0. The quantitative estimate of drug-likeness (QED) is 0.406. The van der Waals surface area contributed by atoms with Crippen LogP contribution in [0.15, 0.2) is 30.3 Å². The summed E-state index contributed by atoms with van der Waals surface area (Å²) < 4.78 is 11.6. The molecular formula is C23H29BrN2O6. The first-order chi connectivity index (χ1) is 15.4. The van der Waals surface area contributed by atoms with Crippen molar-refractivity contribution >= 4 is 33.7 Å². The Bertz CT molecular complexity index is 878. The molecule has 3 heterocycles. The third-order valence-electron chi connectivity index (χ3n) is 6.92. The lowest BCUT2D eigenvalue weighted by molar-refractivity contribution is -0.155. The van der Waals surface area contributed by atoms with Crippen LogP contribution < -0.4 is 5.32 Å². The lowest BCUT2D eigenvalue weighted by Crippen LogP contribution is -2.58. The van der Waals surface area contributed by atoms with Gasteiger partial charge in [-0.15, -0.1) is 0 Å². The van der Waals surface area contributed by atoms with Crippen molar-refractivity contribution in [3.63, 3.8) is 0 Å². The van der Waals surface area contributed by atoms with Gasteiger partial charge in [-0.3, -0.25) is 14.4 Å². The van der Waals surface area contributed by atoms with E-state index in [0.29, 0.717) is 19.4 Å². The molecule has 1 spiro atoms. The molecule has 4 rings (SSSR count). The summed E-state index contributed by atoms with van der Waals surface area (Å²) in [7, 11) is 0. The fourth-order valence-electron chi connectivity index (χ4n) is 5.56. The van der Waals surface area contributed by atoms with Crippen molar-refractivity contribution in [2.75, 3.05) is 13.2 Å². The van der Waals surface area contributed by atoms with E-state index in [0.717, 1.165) is 5.56 Å². The van der Waals surface area contributed by atoms with Crippen molar-refractivity contribution in [3.8, 4) is 0 Å². The standard InChI is InChI=1S/C23H29BrN2O6/c1-3-14(12-27)26-19(20(28)25-11-13-8-6-5-7-9-13)23-10-15(24)18(32-23)16(17(23)21(26)29)22(30)31-4-2/h5-9,14-19,27H,3-4,10-12H2,1-2H3,(H,25,28)/t14-,15?,16-,17-,18-,19?,23?/m0/s1. The highest BCUT2D eigenvalue weighted by atomic mass is 79.9. The van der Waals surface area contributed by atoms with Crippen molar-refractivity contribution in [3.05, 3.63) is 35.9 Å². The van der Waals surface area contributed by atoms with Gasteiger partial charge in [-0.25, -0.2) is 0 Å². The van der Waals surface area contributed by atoms with Crippen molar-refractivity contribution < 1.29 is 29.0 Å². The van der Waals surface area contributed by atoms with Crippen LogP contribution in [0, 0.1) is 11.8 Å². The van der Waals surface area contributed by atoms with E-state index in [-0.39, 0.29) is 29.9 Å². The van der Waals surface area contributed by atoms with Crippen LogP contribution in [0.4, 0.5) is 0 Å². The highest BCUT2D eigenvalue weighted by Crippen LogP contribution is 2.60. The highest BCUT2D eigenvalue weighted by molar-refractivity contribution is 9.09. The molecule has 3 aliphatic rings. The summed E-state index contributed by atoms with van der Waals surface area (Å²) in [6.45, 7) is 3.79. The number of hydrogen-bond acceptors (Lipinski definition) is 6. The van der Waals surface area contributed by atoms with Gasteiger partial charge in [0.25, 0.3) is 0 Å². The average Bonchev–Trinajstić information content (AvgIpc) is 3.38. The highest BCUT2D eigenvalue weighted by Gasteiger charge is 2.77. The van der Waals surface area contributed by atoms with E-state index < -0.39 is 41.6 Å². The van der Waals surface area contributed by atoms with Gasteiger partial charge in [0.2, 0.25) is 11.8 Å². The number of rotatable bonds is 8. The Hall–Kier alpha value is -1.97. The molecule has 3 unspecified atom stereocenters. The number of carbonyl (C=O) groups is 3. The number of hydrogen-bond donors (Lipinski definition) is 2. The maximum absolute atomic E-state index is 13.7. The van der Waals surface area contributed by atoms with Gasteiger partial charge < -0.3 is 24.8 Å². The zero-order valence-electron chi connectivity index (χ0n) is 18.2. The van der Waals surface area contributed by atoms with Crippen molar-refractivity contribution in [2.24, 2.45) is 11.8 Å². The van der Waals surface area contributed by atoms with Crippen molar-refractivity contribution in [1.82, 2.24) is 10.2 Å². The number of halogens is 1. The number of aliphatic hydroxyl groups excluding tert-OH is 1. The zero-order valence-corrected chi connectivity index (χ0v) is 19.8. The number of aliphatic hydroxyl groups is 1. The van der Waals surface area contributed by atoms with Crippen LogP contribution in [-0.4, -0.2) is 69.6 Å². The van der Waals surface area contributed by atoms with Crippen LogP contribution in [0.25, 0.3) is 0 Å². The maximum Gasteiger partial charge on any atom is 0.312 e. The molecule has 2 amide bonds. The van der Waals surface area contributed by atoms with Gasteiger partial charge in [0.15, 0.2) is 0 Å². The molecule has 3 saturated heterocycles. The normalized spacial score (nSPS) is 33.8. The topological polar surface area (TPSA) is 105 Å². The third kappa shape index (κ3) is 3.54. The number of fused-ring (bicyclic) bond motifs is 1. The molecule has 3 fully saturated rings. The minimum absolute atomic E-state index is 0.181. The van der Waals surface area contributed by atoms with Gasteiger partial charge in [-0.2, -0.15) is 0 Å². The smallest absolute Gasteiger partial charge is 0.312 e. The number of ether oxygens (including phenoxy) is 2. The van der Waals surface area contributed by atoms with Gasteiger partial charge >= 0.3 is 5.97 Å². The van der Waals surface area contributed by atoms with Gasteiger partial charge in [-0.05, 0) is 25.3 Å². The Morgan fingerprint density at radius 1 is 1.34 bits per heavy atom. The second-order valence-electron chi connectivity index (χ2n) is 8.61. The molecule has 1 aromatic rings. The van der Waals surface area contributed by atoms with Crippen LogP contribution in [0.5, 0.6) is 0 Å². The molecule has 3 aliphatic heterocycles. The molecule has 0 radical (unpaired) electrons. The lowest BCUT2D eigenvalue weighted by atomic mass is 9.70. The van der Waals surface area contributed by atoms with Gasteiger partial charge in [0, 0.05) is 11.4 Å². The summed E-state index contributed by atoms with van der Waals surface area (Å²) in [6.07, 6.45) is 0.355. The molecule has 0 saturated carbocycles. The van der Waals surface area contributed by atoms with Crippen LogP contribution >= 0.6 is 15.9 Å². The van der Waals surface area contributed by atoms with E-state index in [1.807, 2.05) is 37.3 Å². The second-order valence-corrected chi connectivity index (χ2v) is 9.79. The van der Waals surface area contributed by atoms with Gasteiger partial charge in [0.1, 0.15) is 11.6 Å². The molecule has 7 atom stereocenters. The average molecular weight is 509 g/mol. The first kappa shape index (κ1) is 23.2. The number of carbonyl (C=O) groups excluding carboxylic acids is 3. The summed E-state index contributed by atoms with van der Waals surface area (Å²) in [6, 6.07) is 8.01. The minimum atomic E-state index is -1.14. The largest absolute Gasteiger partial charge is 0.466 e. The predicted molar refractivity (Wildman–Crippen MR) is 119 cm³/mol. The molecule has 2 N–H and O–H groups in total. The Morgan fingerprint density at radius 2 is 2.06 bits per heavy atom. The molecule has 174 valence electrons. The molecule has 0 aliphatic carbocycles. The second kappa shape index (κ2) is 9.11. The molecule has 32 heavy (non-hydrogen) atoms. The van der Waals surface area contributed by atoms with Crippen molar-refractivity contribution in [1.29, 1.82) is 0 Å². The fourth-order valence-corrected chi connectivity index (χ4v) is 6.51. The number of esters is 1. The number of benzene rings is 1. The van der Waals surface area contributed by atoms with E-state index in [1.165, 1.54) is 4.90 Å². The molecule has 0 aromatic heterocycles. The lowest BCUT2D eigenvalue weighted by Gasteiger charge is -2.36. The number of nitrogens with zero attached hydrogens (tertiary/aromatic N) is 1. The van der Waals surface area contributed by atoms with Crippen LogP contribution in [-0.2, 0) is 30.4 Å². The minimum Gasteiger partial charge on any atom is -0.466 e. The summed E-state index contributed by atoms with van der Waals surface area (Å²) >= 11 is 3.61. The molecular weight excluding hydrogens is 480 g/mol. The van der Waals surface area contributed by atoms with E-state index >= 15 is 0 Å². The number of amides is 2. The molecule has 1 aromatic carbocycles. The summed E-state index contributed by atoms with van der Waals surface area (Å²) in [5, 5.41) is 12.9. The van der Waals surface area contributed by atoms with E-state index in [2.05, 4.69) is 21.2 Å². The fraction of sp³-hybridized carbons (Fsp3) is 0.609. The number of alkyl halides is 1. The summed E-state index contributed by atoms with van der Waals surface area (Å²) in [5.74, 6) is -2.75. The van der Waals surface area contributed by atoms with Crippen LogP contribution in [0.1, 0.15) is 32.3 Å². The molecule has 9 heteroatoms. The van der Waals surface area contributed by atoms with E-state index in [4.69, 9.17) is 9.47 Å². The molecule has 2 bridgehead atoms. The monoisotopic (exact) mass is 508 g/mol. The summed E-state index contributed by atoms with van der Waals surface area (Å²) in [5.41, 5.74) is -0.212. The Balaban J connectivity index is 1.70. The Morgan fingerprint density at radius 3 is 2.69 bits per heavy atom. The number of nitrogens with one attached hydrogen (secondary N) is 1. The Kier molecular flexibility index (Phi) is 6.61. The van der Waals surface area contributed by atoms with Crippen molar-refractivity contribution in [2.45, 2.75) is 61.8 Å². The first-order valence-electron chi connectivity index (χ1n) is 11.1. The molecule has 8 nitrogen and oxygen atoms in total. The van der Waals surface area contributed by atoms with Gasteiger partial charge in [-0.1, -0.05) is 53.2 Å². The predicted octanol–water partition coefficient (Wildman–Crippen LogP) is 1.38. The SMILES string of the molecule is CCOC(=O)[C@H]1[C@H]2C(=O)N([C@@H](CC)CO)C(C(=O)NCc3ccccc3)C23CC(Br)[C@@H]1O3.